The molecular formula is C20H27N3O3S. The number of thioether (sulfide) groups is 1. The number of rotatable bonds is 7. The van der Waals surface area contributed by atoms with Crippen molar-refractivity contribution in [2.24, 2.45) is 0 Å². The molecule has 27 heavy (non-hydrogen) atoms. The molecule has 1 saturated carbocycles. The van der Waals surface area contributed by atoms with Gasteiger partial charge in [0.15, 0.2) is 0 Å². The summed E-state index contributed by atoms with van der Waals surface area (Å²) in [6.07, 6.45) is 6.46. The van der Waals surface area contributed by atoms with Crippen molar-refractivity contribution in [3.05, 3.63) is 35.7 Å². The molecule has 1 fully saturated rings. The lowest BCUT2D eigenvalue weighted by Crippen LogP contribution is -2.42. The molecule has 0 N–H and O–H groups in total. The zero-order chi connectivity index (χ0) is 19.2. The first-order valence-corrected chi connectivity index (χ1v) is 10.3. The van der Waals surface area contributed by atoms with E-state index in [0.29, 0.717) is 23.6 Å². The van der Waals surface area contributed by atoms with Gasteiger partial charge in [0, 0.05) is 13.1 Å². The maximum absolute atomic E-state index is 12.7. The van der Waals surface area contributed by atoms with Crippen LogP contribution in [0.2, 0.25) is 0 Å². The largest absolute Gasteiger partial charge is 0.497 e. The summed E-state index contributed by atoms with van der Waals surface area (Å²) in [6, 6.07) is 8.12. The van der Waals surface area contributed by atoms with E-state index in [-0.39, 0.29) is 11.2 Å². The number of ether oxygens (including phenoxy) is 1. The van der Waals surface area contributed by atoms with Crippen molar-refractivity contribution in [3.63, 3.8) is 0 Å². The highest BCUT2D eigenvalue weighted by molar-refractivity contribution is 8.00. The molecular weight excluding hydrogens is 362 g/mol. The number of benzene rings is 1. The average molecular weight is 390 g/mol. The van der Waals surface area contributed by atoms with Crippen LogP contribution in [0.5, 0.6) is 5.75 Å². The molecule has 0 aliphatic heterocycles. The van der Waals surface area contributed by atoms with Crippen molar-refractivity contribution >= 4 is 17.7 Å². The number of hydrogen-bond acceptors (Lipinski definition) is 6. The Hall–Kier alpha value is -2.02. The number of aromatic nitrogens is 2. The summed E-state index contributed by atoms with van der Waals surface area (Å²) in [5.74, 6) is 1.49. The van der Waals surface area contributed by atoms with Gasteiger partial charge < -0.3 is 14.1 Å². The first-order chi connectivity index (χ1) is 13.1. The van der Waals surface area contributed by atoms with Crippen LogP contribution in [0.1, 0.15) is 50.5 Å². The predicted octanol–water partition coefficient (Wildman–Crippen LogP) is 3.94. The van der Waals surface area contributed by atoms with Gasteiger partial charge in [0.25, 0.3) is 5.22 Å². The Morgan fingerprint density at radius 3 is 2.63 bits per heavy atom. The van der Waals surface area contributed by atoms with Crippen molar-refractivity contribution in [1.82, 2.24) is 15.1 Å². The number of carbonyl (C=O) groups excluding carboxylic acids is 1. The number of carbonyl (C=O) groups is 1. The van der Waals surface area contributed by atoms with E-state index >= 15 is 0 Å². The van der Waals surface area contributed by atoms with Crippen molar-refractivity contribution in [1.29, 1.82) is 0 Å². The third-order valence-electron chi connectivity index (χ3n) is 5.06. The van der Waals surface area contributed by atoms with Gasteiger partial charge in [-0.3, -0.25) is 4.79 Å². The summed E-state index contributed by atoms with van der Waals surface area (Å²) < 4.78 is 10.9. The monoisotopic (exact) mass is 389 g/mol. The first-order valence-electron chi connectivity index (χ1n) is 9.45. The second-order valence-corrected chi connectivity index (χ2v) is 8.28. The van der Waals surface area contributed by atoms with Crippen LogP contribution in [0.25, 0.3) is 0 Å². The smallest absolute Gasteiger partial charge is 0.277 e. The Morgan fingerprint density at radius 1 is 1.26 bits per heavy atom. The molecule has 1 aromatic heterocycles. The predicted molar refractivity (Wildman–Crippen MR) is 105 cm³/mol. The van der Waals surface area contributed by atoms with Gasteiger partial charge in [-0.15, -0.1) is 10.2 Å². The second-order valence-electron chi connectivity index (χ2n) is 6.99. The van der Waals surface area contributed by atoms with Crippen LogP contribution in [-0.4, -0.2) is 46.5 Å². The van der Waals surface area contributed by atoms with E-state index in [0.717, 1.165) is 24.2 Å². The molecule has 1 unspecified atom stereocenters. The van der Waals surface area contributed by atoms with Gasteiger partial charge in [-0.2, -0.15) is 0 Å². The van der Waals surface area contributed by atoms with Crippen molar-refractivity contribution < 1.29 is 13.9 Å². The van der Waals surface area contributed by atoms with Gasteiger partial charge >= 0.3 is 0 Å². The van der Waals surface area contributed by atoms with Crippen LogP contribution in [0, 0.1) is 0 Å². The lowest BCUT2D eigenvalue weighted by atomic mass is 9.94. The van der Waals surface area contributed by atoms with Crippen LogP contribution in [0.15, 0.2) is 33.9 Å². The van der Waals surface area contributed by atoms with Gasteiger partial charge in [-0.1, -0.05) is 43.2 Å². The van der Waals surface area contributed by atoms with Crippen LogP contribution in [-0.2, 0) is 11.2 Å². The fourth-order valence-corrected chi connectivity index (χ4v) is 4.21. The maximum atomic E-state index is 12.7. The number of methoxy groups -OCH3 is 1. The summed E-state index contributed by atoms with van der Waals surface area (Å²) in [6.45, 7) is 1.90. The first kappa shape index (κ1) is 19.7. The van der Waals surface area contributed by atoms with Gasteiger partial charge in [0.2, 0.25) is 11.8 Å². The molecule has 1 amide bonds. The highest BCUT2D eigenvalue weighted by Crippen LogP contribution is 2.27. The van der Waals surface area contributed by atoms with Gasteiger partial charge in [-0.05, 0) is 37.5 Å². The highest BCUT2D eigenvalue weighted by atomic mass is 32.2. The fraction of sp³-hybridized carbons (Fsp3) is 0.550. The summed E-state index contributed by atoms with van der Waals surface area (Å²) in [5.41, 5.74) is 1.07. The van der Waals surface area contributed by atoms with E-state index < -0.39 is 0 Å². The quantitative estimate of drug-likeness (QED) is 0.668. The van der Waals surface area contributed by atoms with E-state index in [1.807, 2.05) is 43.1 Å². The summed E-state index contributed by atoms with van der Waals surface area (Å²) in [5, 5.41) is 8.40. The van der Waals surface area contributed by atoms with E-state index in [1.165, 1.54) is 31.0 Å². The zero-order valence-corrected chi connectivity index (χ0v) is 17.0. The lowest BCUT2D eigenvalue weighted by Gasteiger charge is -2.32. The van der Waals surface area contributed by atoms with Crippen molar-refractivity contribution in [3.8, 4) is 5.75 Å². The number of amides is 1. The Bertz CT molecular complexity index is 741. The molecule has 1 aliphatic rings. The van der Waals surface area contributed by atoms with E-state index in [2.05, 4.69) is 10.2 Å². The molecule has 7 heteroatoms. The molecule has 0 bridgehead atoms. The minimum atomic E-state index is -0.244. The maximum Gasteiger partial charge on any atom is 0.277 e. The van der Waals surface area contributed by atoms with Gasteiger partial charge in [0.1, 0.15) is 5.75 Å². The molecule has 146 valence electrons. The molecule has 0 saturated heterocycles. The fourth-order valence-electron chi connectivity index (χ4n) is 3.41. The Morgan fingerprint density at radius 2 is 1.96 bits per heavy atom. The van der Waals surface area contributed by atoms with Crippen LogP contribution >= 0.6 is 11.8 Å². The van der Waals surface area contributed by atoms with Crippen LogP contribution in [0.4, 0.5) is 0 Å². The zero-order valence-electron chi connectivity index (χ0n) is 16.2. The van der Waals surface area contributed by atoms with Crippen LogP contribution in [0.3, 0.4) is 0 Å². The van der Waals surface area contributed by atoms with E-state index in [9.17, 15) is 4.79 Å². The number of nitrogens with zero attached hydrogens (tertiary/aromatic N) is 3. The molecule has 3 rings (SSSR count). The van der Waals surface area contributed by atoms with Crippen molar-refractivity contribution in [2.75, 3.05) is 14.2 Å². The molecule has 1 heterocycles. The van der Waals surface area contributed by atoms with Gasteiger partial charge in [0.05, 0.1) is 18.8 Å². The van der Waals surface area contributed by atoms with E-state index in [1.54, 1.807) is 7.11 Å². The minimum Gasteiger partial charge on any atom is -0.497 e. The average Bonchev–Trinajstić information content (AvgIpc) is 3.14. The minimum absolute atomic E-state index is 0.127. The topological polar surface area (TPSA) is 68.5 Å². The highest BCUT2D eigenvalue weighted by Gasteiger charge is 2.27. The van der Waals surface area contributed by atoms with Crippen molar-refractivity contribution in [2.45, 2.75) is 62.0 Å². The SMILES string of the molecule is COc1ccc(Cc2nnc(SC(C)C(=O)N(C)C3CCCCC3)o2)cc1. The molecule has 0 radical (unpaired) electrons. The molecule has 6 nitrogen and oxygen atoms in total. The normalized spacial score (nSPS) is 16.1. The molecule has 1 atom stereocenters. The Balaban J connectivity index is 1.55. The molecule has 2 aromatic rings. The summed E-state index contributed by atoms with van der Waals surface area (Å²) in [7, 11) is 3.56. The van der Waals surface area contributed by atoms with Crippen LogP contribution < -0.4 is 4.74 Å². The Labute approximate surface area is 164 Å². The lowest BCUT2D eigenvalue weighted by molar-refractivity contribution is -0.131. The molecule has 1 aromatic carbocycles. The standard InChI is InChI=1S/C20H27N3O3S/c1-14(19(24)23(2)16-7-5-4-6-8-16)27-20-22-21-18(26-20)13-15-9-11-17(25-3)12-10-15/h9-12,14,16H,4-8,13H2,1-3H3. The third kappa shape index (κ3) is 5.25. The molecule has 0 spiro atoms. The Kier molecular flexibility index (Phi) is 6.77. The molecule has 1 aliphatic carbocycles. The third-order valence-corrected chi connectivity index (χ3v) is 5.98. The van der Waals surface area contributed by atoms with E-state index in [4.69, 9.17) is 9.15 Å². The summed E-state index contributed by atoms with van der Waals surface area (Å²) in [4.78, 5) is 14.6. The summed E-state index contributed by atoms with van der Waals surface area (Å²) >= 11 is 1.33. The van der Waals surface area contributed by atoms with Gasteiger partial charge in [-0.25, -0.2) is 0 Å². The second kappa shape index (κ2) is 9.26. The number of hydrogen-bond donors (Lipinski definition) is 0.